The van der Waals surface area contributed by atoms with Crippen molar-refractivity contribution in [2.75, 3.05) is 6.54 Å². The lowest BCUT2D eigenvalue weighted by Crippen LogP contribution is -2.39. The normalized spacial score (nSPS) is 24.6. The summed E-state index contributed by atoms with van der Waals surface area (Å²) >= 11 is 0. The topological polar surface area (TPSA) is 38.3 Å². The molecule has 0 unspecified atom stereocenters. The number of nitrogens with one attached hydrogen (secondary N) is 1. The Labute approximate surface area is 117 Å². The van der Waals surface area contributed by atoms with E-state index >= 15 is 0 Å². The zero-order chi connectivity index (χ0) is 14.3. The molecular formula is C16H29NO2. The van der Waals surface area contributed by atoms with Crippen LogP contribution in [0.25, 0.3) is 0 Å². The molecule has 1 N–H and O–H groups in total. The third-order valence-corrected chi connectivity index (χ3v) is 3.51. The lowest BCUT2D eigenvalue weighted by molar-refractivity contribution is -0.153. The molecule has 1 rings (SSSR count). The average Bonchev–Trinajstić information content (AvgIpc) is 2.33. The highest BCUT2D eigenvalue weighted by molar-refractivity contribution is 5.72. The Bertz CT molecular complexity index is 296. The van der Waals surface area contributed by atoms with Gasteiger partial charge < -0.3 is 10.1 Å². The Kier molecular flexibility index (Phi) is 6.56. The largest absolute Gasteiger partial charge is 0.459 e. The van der Waals surface area contributed by atoms with E-state index in [1.807, 2.05) is 20.8 Å². The van der Waals surface area contributed by atoms with Gasteiger partial charge in [-0.2, -0.15) is 0 Å². The van der Waals surface area contributed by atoms with Gasteiger partial charge in [0.25, 0.3) is 0 Å². The van der Waals surface area contributed by atoms with E-state index in [9.17, 15) is 4.79 Å². The van der Waals surface area contributed by atoms with Crippen LogP contribution in [0.5, 0.6) is 0 Å². The molecule has 0 atom stereocenters. The zero-order valence-electron chi connectivity index (χ0n) is 12.9. The van der Waals surface area contributed by atoms with Gasteiger partial charge in [0.2, 0.25) is 0 Å². The average molecular weight is 267 g/mol. The Morgan fingerprint density at radius 1 is 1.26 bits per heavy atom. The van der Waals surface area contributed by atoms with Crippen LogP contribution in [0.2, 0.25) is 0 Å². The van der Waals surface area contributed by atoms with E-state index in [-0.39, 0.29) is 11.6 Å². The van der Waals surface area contributed by atoms with E-state index in [0.29, 0.717) is 12.6 Å². The third-order valence-electron chi connectivity index (χ3n) is 3.51. The Morgan fingerprint density at radius 3 is 2.42 bits per heavy atom. The van der Waals surface area contributed by atoms with Crippen molar-refractivity contribution < 1.29 is 9.53 Å². The third kappa shape index (κ3) is 7.36. The van der Waals surface area contributed by atoms with Crippen LogP contribution in [0.15, 0.2) is 12.2 Å². The van der Waals surface area contributed by atoms with E-state index in [2.05, 4.69) is 24.4 Å². The monoisotopic (exact) mass is 267 g/mol. The summed E-state index contributed by atoms with van der Waals surface area (Å²) in [6, 6.07) is 0.481. The van der Waals surface area contributed by atoms with Crippen LogP contribution in [0.4, 0.5) is 0 Å². The molecule has 0 saturated heterocycles. The first-order chi connectivity index (χ1) is 8.90. The van der Waals surface area contributed by atoms with Gasteiger partial charge in [-0.15, -0.1) is 0 Å². The minimum absolute atomic E-state index is 0.150. The molecule has 0 aromatic carbocycles. The summed E-state index contributed by atoms with van der Waals surface area (Å²) in [5.41, 5.74) is -0.386. The number of allylic oxidation sites excluding steroid dienone is 2. The molecule has 0 radical (unpaired) electrons. The molecule has 1 aliphatic rings. The van der Waals surface area contributed by atoms with Crippen molar-refractivity contribution in [2.24, 2.45) is 5.92 Å². The highest BCUT2D eigenvalue weighted by Gasteiger charge is 2.22. The smallest absolute Gasteiger partial charge is 0.320 e. The standard InChI is InChI=1S/C16H29NO2/c1-5-6-7-13-8-10-14(11-9-13)17-12-15(18)19-16(2,3)4/h5-6,13-14,17H,7-12H2,1-4H3. The second kappa shape index (κ2) is 7.68. The van der Waals surface area contributed by atoms with Gasteiger partial charge in [-0.05, 0) is 65.7 Å². The van der Waals surface area contributed by atoms with Gasteiger partial charge in [0.1, 0.15) is 5.60 Å². The van der Waals surface area contributed by atoms with E-state index in [4.69, 9.17) is 4.74 Å². The predicted molar refractivity (Wildman–Crippen MR) is 79.0 cm³/mol. The molecule has 1 aliphatic carbocycles. The molecule has 0 spiro atoms. The van der Waals surface area contributed by atoms with E-state index < -0.39 is 0 Å². The summed E-state index contributed by atoms with van der Waals surface area (Å²) in [4.78, 5) is 11.6. The molecule has 0 aromatic heterocycles. The molecule has 1 saturated carbocycles. The molecule has 3 nitrogen and oxygen atoms in total. The van der Waals surface area contributed by atoms with Crippen molar-refractivity contribution in [2.45, 2.75) is 71.4 Å². The molecule has 3 heteroatoms. The van der Waals surface area contributed by atoms with Crippen molar-refractivity contribution in [3.8, 4) is 0 Å². The first-order valence-corrected chi connectivity index (χ1v) is 7.47. The van der Waals surface area contributed by atoms with Crippen molar-refractivity contribution in [1.82, 2.24) is 5.32 Å². The molecule has 1 fully saturated rings. The summed E-state index contributed by atoms with van der Waals surface area (Å²) in [5.74, 6) is 0.680. The fourth-order valence-electron chi connectivity index (χ4n) is 2.54. The number of carbonyl (C=O) groups excluding carboxylic acids is 1. The molecule has 0 aromatic rings. The van der Waals surface area contributed by atoms with E-state index in [1.54, 1.807) is 0 Å². The van der Waals surface area contributed by atoms with Gasteiger partial charge >= 0.3 is 5.97 Å². The quantitative estimate of drug-likeness (QED) is 0.612. The summed E-state index contributed by atoms with van der Waals surface area (Å²) in [6.45, 7) is 8.11. The van der Waals surface area contributed by atoms with Gasteiger partial charge in [0.05, 0.1) is 6.54 Å². The first-order valence-electron chi connectivity index (χ1n) is 7.47. The minimum atomic E-state index is -0.386. The second-order valence-electron chi connectivity index (χ2n) is 6.49. The summed E-state index contributed by atoms with van der Waals surface area (Å²) in [5, 5.41) is 3.33. The number of rotatable bonds is 5. The van der Waals surface area contributed by atoms with Crippen LogP contribution in [-0.4, -0.2) is 24.2 Å². The van der Waals surface area contributed by atoms with Gasteiger partial charge in [-0.1, -0.05) is 12.2 Å². The van der Waals surface area contributed by atoms with Gasteiger partial charge in [0, 0.05) is 6.04 Å². The molecule has 0 aliphatic heterocycles. The Morgan fingerprint density at radius 2 is 1.89 bits per heavy atom. The highest BCUT2D eigenvalue weighted by atomic mass is 16.6. The van der Waals surface area contributed by atoms with Crippen molar-refractivity contribution in [1.29, 1.82) is 0 Å². The van der Waals surface area contributed by atoms with Crippen molar-refractivity contribution in [3.63, 3.8) is 0 Å². The summed E-state index contributed by atoms with van der Waals surface area (Å²) in [6.07, 6.45) is 10.5. The van der Waals surface area contributed by atoms with Crippen LogP contribution in [0.3, 0.4) is 0 Å². The molecular weight excluding hydrogens is 238 g/mol. The van der Waals surface area contributed by atoms with Crippen LogP contribution in [-0.2, 0) is 9.53 Å². The van der Waals surface area contributed by atoms with Crippen molar-refractivity contribution >= 4 is 5.97 Å². The number of hydrogen-bond acceptors (Lipinski definition) is 3. The molecule has 0 amide bonds. The van der Waals surface area contributed by atoms with Crippen LogP contribution < -0.4 is 5.32 Å². The predicted octanol–water partition coefficient (Wildman–Crippen LogP) is 3.44. The Hall–Kier alpha value is -0.830. The van der Waals surface area contributed by atoms with Gasteiger partial charge in [-0.25, -0.2) is 0 Å². The Balaban J connectivity index is 2.17. The maximum atomic E-state index is 11.6. The maximum absolute atomic E-state index is 11.6. The van der Waals surface area contributed by atoms with Crippen LogP contribution in [0.1, 0.15) is 59.8 Å². The molecule has 0 bridgehead atoms. The van der Waals surface area contributed by atoms with Crippen LogP contribution >= 0.6 is 0 Å². The fraction of sp³-hybridized carbons (Fsp3) is 0.812. The molecule has 0 heterocycles. The second-order valence-corrected chi connectivity index (χ2v) is 6.49. The SMILES string of the molecule is CC=CCC1CCC(NCC(=O)OC(C)(C)C)CC1. The van der Waals surface area contributed by atoms with Gasteiger partial charge in [0.15, 0.2) is 0 Å². The number of ether oxygens (including phenoxy) is 1. The summed E-state index contributed by atoms with van der Waals surface area (Å²) < 4.78 is 5.29. The molecule has 110 valence electrons. The lowest BCUT2D eigenvalue weighted by atomic mass is 9.84. The number of hydrogen-bond donors (Lipinski definition) is 1. The number of esters is 1. The minimum Gasteiger partial charge on any atom is -0.459 e. The summed E-state index contributed by atoms with van der Waals surface area (Å²) in [7, 11) is 0. The lowest BCUT2D eigenvalue weighted by Gasteiger charge is -2.29. The van der Waals surface area contributed by atoms with Crippen LogP contribution in [0, 0.1) is 5.92 Å². The first kappa shape index (κ1) is 16.2. The molecule has 19 heavy (non-hydrogen) atoms. The fourth-order valence-corrected chi connectivity index (χ4v) is 2.54. The maximum Gasteiger partial charge on any atom is 0.320 e. The van der Waals surface area contributed by atoms with Crippen molar-refractivity contribution in [3.05, 3.63) is 12.2 Å². The highest BCUT2D eigenvalue weighted by Crippen LogP contribution is 2.27. The number of carbonyl (C=O) groups is 1. The zero-order valence-corrected chi connectivity index (χ0v) is 12.9. The van der Waals surface area contributed by atoms with Gasteiger partial charge in [-0.3, -0.25) is 4.79 Å². The van der Waals surface area contributed by atoms with E-state index in [0.717, 1.165) is 5.92 Å². The van der Waals surface area contributed by atoms with E-state index in [1.165, 1.54) is 32.1 Å².